The highest BCUT2D eigenvalue weighted by molar-refractivity contribution is 5.79. The number of nitrogens with one attached hydrogen (secondary N) is 2. The maximum absolute atomic E-state index is 13.6. The lowest BCUT2D eigenvalue weighted by atomic mass is 10.1. The Morgan fingerprint density at radius 2 is 2.04 bits per heavy atom. The molecule has 0 atom stereocenters. The first kappa shape index (κ1) is 17.6. The number of aromatic nitrogens is 3. The molecule has 0 spiro atoms. The van der Waals surface area contributed by atoms with Crippen LogP contribution in [0.2, 0.25) is 0 Å². The molecule has 26 heavy (non-hydrogen) atoms. The SMILES string of the molecule is CN=C(NCCc1ccccc1F)NCc1ccnc(-n2cccn2)c1. The Morgan fingerprint density at radius 3 is 2.81 bits per heavy atom. The Bertz CT molecular complexity index is 860. The van der Waals surface area contributed by atoms with Crippen molar-refractivity contribution in [2.24, 2.45) is 4.99 Å². The number of benzene rings is 1. The molecule has 134 valence electrons. The molecular weight excluding hydrogens is 331 g/mol. The summed E-state index contributed by atoms with van der Waals surface area (Å²) in [6.45, 7) is 1.19. The van der Waals surface area contributed by atoms with E-state index in [1.807, 2.05) is 30.5 Å². The fraction of sp³-hybridized carbons (Fsp3) is 0.211. The summed E-state index contributed by atoms with van der Waals surface area (Å²) in [6.07, 6.45) is 5.91. The normalized spacial score (nSPS) is 11.4. The summed E-state index contributed by atoms with van der Waals surface area (Å²) in [5, 5.41) is 10.6. The van der Waals surface area contributed by atoms with Crippen molar-refractivity contribution in [2.45, 2.75) is 13.0 Å². The van der Waals surface area contributed by atoms with E-state index in [2.05, 4.69) is 25.7 Å². The Morgan fingerprint density at radius 1 is 1.15 bits per heavy atom. The highest BCUT2D eigenvalue weighted by Gasteiger charge is 2.04. The van der Waals surface area contributed by atoms with Crippen molar-refractivity contribution < 1.29 is 4.39 Å². The summed E-state index contributed by atoms with van der Waals surface area (Å²) in [4.78, 5) is 8.51. The van der Waals surface area contributed by atoms with Gasteiger partial charge in [0.15, 0.2) is 11.8 Å². The molecule has 2 N–H and O–H groups in total. The van der Waals surface area contributed by atoms with E-state index < -0.39 is 0 Å². The second kappa shape index (κ2) is 8.75. The molecule has 1 aromatic carbocycles. The van der Waals surface area contributed by atoms with Crippen LogP contribution in [0.1, 0.15) is 11.1 Å². The molecule has 3 aromatic rings. The van der Waals surface area contributed by atoms with Crippen LogP contribution < -0.4 is 10.6 Å². The van der Waals surface area contributed by atoms with Gasteiger partial charge in [0, 0.05) is 38.7 Å². The van der Waals surface area contributed by atoms with E-state index in [0.717, 1.165) is 11.4 Å². The van der Waals surface area contributed by atoms with E-state index in [9.17, 15) is 4.39 Å². The minimum absolute atomic E-state index is 0.180. The Kier molecular flexibility index (Phi) is 5.92. The van der Waals surface area contributed by atoms with Crippen molar-refractivity contribution in [3.63, 3.8) is 0 Å². The van der Waals surface area contributed by atoms with Gasteiger partial charge in [0.2, 0.25) is 0 Å². The molecule has 7 heteroatoms. The van der Waals surface area contributed by atoms with Crippen molar-refractivity contribution in [1.29, 1.82) is 0 Å². The fourth-order valence-electron chi connectivity index (χ4n) is 2.52. The third-order valence-corrected chi connectivity index (χ3v) is 3.88. The standard InChI is InChI=1S/C19H21FN6/c1-21-19(23-11-8-16-5-2-3-6-17(16)20)24-14-15-7-10-22-18(13-15)26-12-4-9-25-26/h2-7,9-10,12-13H,8,11,14H2,1H3,(H2,21,23,24). The number of guanidine groups is 1. The second-order valence-corrected chi connectivity index (χ2v) is 5.67. The summed E-state index contributed by atoms with van der Waals surface area (Å²) in [6, 6.07) is 12.6. The molecule has 0 bridgehead atoms. The molecule has 0 amide bonds. The molecule has 2 aromatic heterocycles. The lowest BCUT2D eigenvalue weighted by Crippen LogP contribution is -2.37. The number of aliphatic imine (C=N–C) groups is 1. The van der Waals surface area contributed by atoms with Gasteiger partial charge in [0.25, 0.3) is 0 Å². The third kappa shape index (κ3) is 4.66. The Balaban J connectivity index is 1.51. The zero-order chi connectivity index (χ0) is 18.2. The lowest BCUT2D eigenvalue weighted by molar-refractivity contribution is 0.606. The van der Waals surface area contributed by atoms with Crippen LogP contribution in [0.5, 0.6) is 0 Å². The van der Waals surface area contributed by atoms with Gasteiger partial charge in [0.05, 0.1) is 0 Å². The van der Waals surface area contributed by atoms with Crippen molar-refractivity contribution >= 4 is 5.96 Å². The van der Waals surface area contributed by atoms with E-state index in [1.54, 1.807) is 36.3 Å². The van der Waals surface area contributed by atoms with Crippen LogP contribution in [0, 0.1) is 5.82 Å². The molecule has 0 aliphatic heterocycles. The number of halogens is 1. The first-order chi connectivity index (χ1) is 12.8. The lowest BCUT2D eigenvalue weighted by Gasteiger charge is -2.12. The Hall–Kier alpha value is -3.22. The first-order valence-corrected chi connectivity index (χ1v) is 8.39. The van der Waals surface area contributed by atoms with Crippen LogP contribution >= 0.6 is 0 Å². The molecule has 0 aliphatic carbocycles. The van der Waals surface area contributed by atoms with E-state index in [0.29, 0.717) is 31.0 Å². The van der Waals surface area contributed by atoms with E-state index in [-0.39, 0.29) is 5.82 Å². The number of hydrogen-bond donors (Lipinski definition) is 2. The molecular formula is C19H21FN6. The van der Waals surface area contributed by atoms with Crippen molar-refractivity contribution in [1.82, 2.24) is 25.4 Å². The summed E-state index contributed by atoms with van der Waals surface area (Å²) in [7, 11) is 1.71. The van der Waals surface area contributed by atoms with Crippen molar-refractivity contribution in [3.05, 3.63) is 78.0 Å². The van der Waals surface area contributed by atoms with Gasteiger partial charge in [-0.2, -0.15) is 5.10 Å². The number of hydrogen-bond acceptors (Lipinski definition) is 3. The smallest absolute Gasteiger partial charge is 0.191 e. The first-order valence-electron chi connectivity index (χ1n) is 8.39. The molecule has 3 rings (SSSR count). The van der Waals surface area contributed by atoms with Crippen LogP contribution in [0.4, 0.5) is 4.39 Å². The van der Waals surface area contributed by atoms with Gasteiger partial charge in [-0.3, -0.25) is 4.99 Å². The summed E-state index contributed by atoms with van der Waals surface area (Å²) >= 11 is 0. The predicted octanol–water partition coefficient (Wildman–Crippen LogP) is 2.31. The van der Waals surface area contributed by atoms with Crippen LogP contribution in [-0.2, 0) is 13.0 Å². The van der Waals surface area contributed by atoms with Gasteiger partial charge in [0.1, 0.15) is 5.82 Å². The molecule has 0 aliphatic rings. The molecule has 2 heterocycles. The van der Waals surface area contributed by atoms with Gasteiger partial charge in [-0.05, 0) is 41.8 Å². The van der Waals surface area contributed by atoms with Crippen LogP contribution in [0.15, 0.2) is 66.0 Å². The van der Waals surface area contributed by atoms with Gasteiger partial charge in [-0.15, -0.1) is 0 Å². The third-order valence-electron chi connectivity index (χ3n) is 3.88. The van der Waals surface area contributed by atoms with E-state index >= 15 is 0 Å². The largest absolute Gasteiger partial charge is 0.356 e. The number of rotatable bonds is 6. The maximum atomic E-state index is 13.6. The molecule has 0 unspecified atom stereocenters. The number of nitrogens with zero attached hydrogens (tertiary/aromatic N) is 4. The molecule has 0 saturated carbocycles. The summed E-state index contributed by atoms with van der Waals surface area (Å²) in [5.41, 5.74) is 1.75. The molecule has 0 saturated heterocycles. The number of pyridine rings is 1. The Labute approximate surface area is 151 Å². The highest BCUT2D eigenvalue weighted by Crippen LogP contribution is 2.07. The average molecular weight is 352 g/mol. The topological polar surface area (TPSA) is 67.1 Å². The monoisotopic (exact) mass is 352 g/mol. The second-order valence-electron chi connectivity index (χ2n) is 5.67. The van der Waals surface area contributed by atoms with Crippen LogP contribution in [0.3, 0.4) is 0 Å². The minimum atomic E-state index is -0.180. The summed E-state index contributed by atoms with van der Waals surface area (Å²) in [5.74, 6) is 1.25. The van der Waals surface area contributed by atoms with Gasteiger partial charge < -0.3 is 10.6 Å². The fourth-order valence-corrected chi connectivity index (χ4v) is 2.52. The predicted molar refractivity (Wildman–Crippen MR) is 99.7 cm³/mol. The quantitative estimate of drug-likeness (QED) is 0.528. The van der Waals surface area contributed by atoms with E-state index in [4.69, 9.17) is 0 Å². The van der Waals surface area contributed by atoms with Crippen LogP contribution in [-0.4, -0.2) is 34.3 Å². The molecule has 6 nitrogen and oxygen atoms in total. The highest BCUT2D eigenvalue weighted by atomic mass is 19.1. The summed E-state index contributed by atoms with van der Waals surface area (Å²) < 4.78 is 15.3. The maximum Gasteiger partial charge on any atom is 0.191 e. The van der Waals surface area contributed by atoms with Gasteiger partial charge in [-0.1, -0.05) is 18.2 Å². The van der Waals surface area contributed by atoms with Crippen molar-refractivity contribution in [2.75, 3.05) is 13.6 Å². The average Bonchev–Trinajstić information content (AvgIpc) is 3.21. The van der Waals surface area contributed by atoms with Gasteiger partial charge in [-0.25, -0.2) is 14.1 Å². The minimum Gasteiger partial charge on any atom is -0.356 e. The molecule has 0 fully saturated rings. The van der Waals surface area contributed by atoms with Crippen LogP contribution in [0.25, 0.3) is 5.82 Å². The zero-order valence-corrected chi connectivity index (χ0v) is 14.6. The van der Waals surface area contributed by atoms with Gasteiger partial charge >= 0.3 is 0 Å². The zero-order valence-electron chi connectivity index (χ0n) is 14.6. The molecule has 0 radical (unpaired) electrons. The van der Waals surface area contributed by atoms with Crippen molar-refractivity contribution in [3.8, 4) is 5.82 Å². The van der Waals surface area contributed by atoms with E-state index in [1.165, 1.54) is 6.07 Å².